The van der Waals surface area contributed by atoms with Gasteiger partial charge in [-0.1, -0.05) is 6.07 Å². The molecule has 1 atom stereocenters. The summed E-state index contributed by atoms with van der Waals surface area (Å²) in [5.74, 6) is 0.289. The summed E-state index contributed by atoms with van der Waals surface area (Å²) in [7, 11) is 1.55. The molecule has 2 aliphatic heterocycles. The molecule has 1 saturated heterocycles. The predicted molar refractivity (Wildman–Crippen MR) is 114 cm³/mol. The normalized spacial score (nSPS) is 20.9. The monoisotopic (exact) mass is 434 g/mol. The number of ether oxygens (including phenoxy) is 1. The minimum absolute atomic E-state index is 0.0690. The van der Waals surface area contributed by atoms with E-state index in [1.807, 2.05) is 30.9 Å². The number of pyridine rings is 1. The van der Waals surface area contributed by atoms with Crippen LogP contribution < -0.4 is 15.4 Å². The summed E-state index contributed by atoms with van der Waals surface area (Å²) < 4.78 is 11.2. The molecule has 32 heavy (non-hydrogen) atoms. The minimum Gasteiger partial charge on any atom is -0.497 e. The number of nitrogens with one attached hydrogen (secondary N) is 2. The summed E-state index contributed by atoms with van der Waals surface area (Å²) in [6.07, 6.45) is 0. The third kappa shape index (κ3) is 3.13. The topological polar surface area (TPSA) is 114 Å². The van der Waals surface area contributed by atoms with Crippen LogP contribution in [0.5, 0.6) is 5.75 Å². The third-order valence-electron chi connectivity index (χ3n) is 6.15. The fourth-order valence-electron chi connectivity index (χ4n) is 4.33. The number of fused-ring (bicyclic) bond motifs is 2. The van der Waals surface area contributed by atoms with Crippen LogP contribution >= 0.6 is 0 Å². The SMILES string of the molecule is COc1ccc2c(c1)C(=O)CN(C[C@@]1(c3cc4nc(C)c(C)cc4o3)NC(=O)NC1=O)C2. The summed E-state index contributed by atoms with van der Waals surface area (Å²) >= 11 is 0. The van der Waals surface area contributed by atoms with Crippen molar-refractivity contribution in [1.29, 1.82) is 0 Å². The van der Waals surface area contributed by atoms with E-state index in [1.54, 1.807) is 25.3 Å². The lowest BCUT2D eigenvalue weighted by Gasteiger charge is -2.34. The highest BCUT2D eigenvalue weighted by atomic mass is 16.5. The average molecular weight is 434 g/mol. The number of Topliss-reactive ketones (excluding diaryl/α,β-unsaturated/α-hetero) is 1. The van der Waals surface area contributed by atoms with Crippen LogP contribution in [0.3, 0.4) is 0 Å². The number of imide groups is 1. The lowest BCUT2D eigenvalue weighted by atomic mass is 9.92. The van der Waals surface area contributed by atoms with Gasteiger partial charge >= 0.3 is 6.03 Å². The maximum atomic E-state index is 13.0. The van der Waals surface area contributed by atoms with Crippen LogP contribution in [0.2, 0.25) is 0 Å². The van der Waals surface area contributed by atoms with Crippen molar-refractivity contribution in [2.45, 2.75) is 25.9 Å². The van der Waals surface area contributed by atoms with Gasteiger partial charge in [-0.2, -0.15) is 0 Å². The lowest BCUT2D eigenvalue weighted by molar-refractivity contribution is -0.125. The van der Waals surface area contributed by atoms with Gasteiger partial charge in [-0.15, -0.1) is 0 Å². The van der Waals surface area contributed by atoms with Crippen LogP contribution in [-0.2, 0) is 16.9 Å². The molecule has 0 spiro atoms. The number of furan rings is 1. The number of hydrogen-bond acceptors (Lipinski definition) is 7. The summed E-state index contributed by atoms with van der Waals surface area (Å²) in [5.41, 5.74) is 2.91. The molecule has 5 rings (SSSR count). The maximum absolute atomic E-state index is 13.0. The highest BCUT2D eigenvalue weighted by molar-refractivity contribution is 6.08. The molecule has 2 aromatic heterocycles. The smallest absolute Gasteiger partial charge is 0.322 e. The molecule has 2 aliphatic rings. The zero-order chi connectivity index (χ0) is 22.6. The first kappa shape index (κ1) is 20.2. The van der Waals surface area contributed by atoms with Gasteiger partial charge in [0.1, 0.15) is 17.0 Å². The van der Waals surface area contributed by atoms with Crippen LogP contribution in [-0.4, -0.2) is 47.8 Å². The summed E-state index contributed by atoms with van der Waals surface area (Å²) in [5, 5.41) is 5.04. The molecule has 4 heterocycles. The van der Waals surface area contributed by atoms with E-state index in [9.17, 15) is 14.4 Å². The van der Waals surface area contributed by atoms with Crippen molar-refractivity contribution < 1.29 is 23.5 Å². The van der Waals surface area contributed by atoms with Gasteiger partial charge in [0, 0.05) is 30.4 Å². The van der Waals surface area contributed by atoms with E-state index in [1.165, 1.54) is 0 Å². The summed E-state index contributed by atoms with van der Waals surface area (Å²) in [6, 6.07) is 8.30. The van der Waals surface area contributed by atoms with Crippen molar-refractivity contribution in [1.82, 2.24) is 20.5 Å². The van der Waals surface area contributed by atoms with Gasteiger partial charge in [-0.3, -0.25) is 19.8 Å². The maximum Gasteiger partial charge on any atom is 0.322 e. The molecule has 3 amide bonds. The molecule has 9 nitrogen and oxygen atoms in total. The Labute approximate surface area is 183 Å². The van der Waals surface area contributed by atoms with E-state index in [2.05, 4.69) is 15.6 Å². The van der Waals surface area contributed by atoms with Crippen molar-refractivity contribution in [3.63, 3.8) is 0 Å². The number of nitrogens with zero attached hydrogens (tertiary/aromatic N) is 2. The summed E-state index contributed by atoms with van der Waals surface area (Å²) in [4.78, 5) is 44.3. The zero-order valence-corrected chi connectivity index (χ0v) is 17.9. The first-order valence-electron chi connectivity index (χ1n) is 10.2. The molecular formula is C23H22N4O5. The van der Waals surface area contributed by atoms with Gasteiger partial charge in [0.15, 0.2) is 16.9 Å². The van der Waals surface area contributed by atoms with E-state index in [-0.39, 0.29) is 24.6 Å². The fraction of sp³-hybridized carbons (Fsp3) is 0.304. The third-order valence-corrected chi connectivity index (χ3v) is 6.15. The van der Waals surface area contributed by atoms with E-state index in [0.29, 0.717) is 29.0 Å². The van der Waals surface area contributed by atoms with Gasteiger partial charge in [0.25, 0.3) is 5.91 Å². The van der Waals surface area contributed by atoms with Gasteiger partial charge in [0.05, 0.1) is 13.7 Å². The van der Waals surface area contributed by atoms with E-state index in [4.69, 9.17) is 9.15 Å². The van der Waals surface area contributed by atoms with Crippen molar-refractivity contribution in [2.24, 2.45) is 0 Å². The van der Waals surface area contributed by atoms with Crippen LogP contribution in [0.15, 0.2) is 34.7 Å². The first-order valence-corrected chi connectivity index (χ1v) is 10.2. The number of rotatable bonds is 4. The van der Waals surface area contributed by atoms with Crippen LogP contribution in [0.25, 0.3) is 11.1 Å². The molecule has 164 valence electrons. The number of aromatic nitrogens is 1. The Morgan fingerprint density at radius 3 is 2.69 bits per heavy atom. The van der Waals surface area contributed by atoms with Crippen molar-refractivity contribution in [3.8, 4) is 5.75 Å². The Bertz CT molecular complexity index is 1260. The molecule has 0 unspecified atom stereocenters. The standard InChI is InChI=1S/C23H22N4O5/c1-12-6-19-17(24-13(12)2)8-20(32-19)23(21(29)25-22(30)26-23)11-27-9-14-4-5-15(31-3)7-16(14)18(28)10-27/h4-8H,9-11H2,1-3H3,(H2,25,26,29,30)/t23-/m0/s1. The second-order valence-electron chi connectivity index (χ2n) is 8.29. The highest BCUT2D eigenvalue weighted by Crippen LogP contribution is 2.33. The average Bonchev–Trinajstić information content (AvgIpc) is 3.28. The minimum atomic E-state index is -1.47. The lowest BCUT2D eigenvalue weighted by Crippen LogP contribution is -2.54. The van der Waals surface area contributed by atoms with Gasteiger partial charge in [-0.25, -0.2) is 9.78 Å². The van der Waals surface area contributed by atoms with E-state index < -0.39 is 17.5 Å². The fourth-order valence-corrected chi connectivity index (χ4v) is 4.33. The van der Waals surface area contributed by atoms with Crippen molar-refractivity contribution in [2.75, 3.05) is 20.2 Å². The molecule has 2 N–H and O–H groups in total. The number of hydrogen-bond donors (Lipinski definition) is 2. The molecule has 0 radical (unpaired) electrons. The molecule has 0 saturated carbocycles. The van der Waals surface area contributed by atoms with Gasteiger partial charge in [0.2, 0.25) is 0 Å². The van der Waals surface area contributed by atoms with Crippen LogP contribution in [0.1, 0.15) is 32.9 Å². The molecule has 0 bridgehead atoms. The zero-order valence-electron chi connectivity index (χ0n) is 17.9. The number of urea groups is 1. The Morgan fingerprint density at radius 2 is 1.97 bits per heavy atom. The molecule has 0 aliphatic carbocycles. The number of methoxy groups -OCH3 is 1. The van der Waals surface area contributed by atoms with Gasteiger partial charge in [-0.05, 0) is 43.2 Å². The summed E-state index contributed by atoms with van der Waals surface area (Å²) in [6.45, 7) is 4.43. The predicted octanol–water partition coefficient (Wildman–Crippen LogP) is 2.19. The Hall–Kier alpha value is -3.72. The number of benzene rings is 1. The van der Waals surface area contributed by atoms with Gasteiger partial charge < -0.3 is 14.5 Å². The molecule has 3 aromatic rings. The number of aryl methyl sites for hydroxylation is 2. The van der Waals surface area contributed by atoms with Crippen LogP contribution in [0, 0.1) is 13.8 Å². The quantitative estimate of drug-likeness (QED) is 0.605. The number of carbonyl (C=O) groups is 3. The van der Waals surface area contributed by atoms with Crippen molar-refractivity contribution >= 4 is 28.8 Å². The largest absolute Gasteiger partial charge is 0.497 e. The Morgan fingerprint density at radius 1 is 1.16 bits per heavy atom. The highest BCUT2D eigenvalue weighted by Gasteiger charge is 2.52. The second-order valence-corrected chi connectivity index (χ2v) is 8.29. The van der Waals surface area contributed by atoms with Crippen LogP contribution in [0.4, 0.5) is 4.79 Å². The molecule has 1 fully saturated rings. The van der Waals surface area contributed by atoms with E-state index >= 15 is 0 Å². The number of carbonyl (C=O) groups excluding carboxylic acids is 3. The Kier molecular flexibility index (Phi) is 4.52. The number of amides is 3. The van der Waals surface area contributed by atoms with Crippen molar-refractivity contribution in [3.05, 3.63) is 58.5 Å². The Balaban J connectivity index is 1.53. The molecular weight excluding hydrogens is 412 g/mol. The van der Waals surface area contributed by atoms with E-state index in [0.717, 1.165) is 16.8 Å². The number of ketones is 1. The molecule has 1 aromatic carbocycles. The first-order chi connectivity index (χ1) is 15.3. The second kappa shape index (κ2) is 7.16. The molecule has 9 heteroatoms.